The predicted molar refractivity (Wildman–Crippen MR) is 122 cm³/mol. The van der Waals surface area contributed by atoms with Crippen LogP contribution in [-0.4, -0.2) is 86.1 Å². The maximum Gasteiger partial charge on any atom is 0.310 e. The van der Waals surface area contributed by atoms with Gasteiger partial charge in [-0.25, -0.2) is 0 Å². The van der Waals surface area contributed by atoms with Crippen molar-refractivity contribution in [3.8, 4) is 0 Å². The molecule has 1 unspecified atom stereocenters. The minimum atomic E-state index is -1.22. The smallest absolute Gasteiger partial charge is 0.310 e. The number of unbranched alkanes of at least 4 members (excludes halogenated alkanes) is 2. The quantitative estimate of drug-likeness (QED) is 0.248. The maximum atomic E-state index is 14.0. The number of rotatable bonds is 11. The molecule has 2 amide bonds. The van der Waals surface area contributed by atoms with Crippen LogP contribution in [0.3, 0.4) is 0 Å². The van der Waals surface area contributed by atoms with Crippen molar-refractivity contribution >= 4 is 33.7 Å². The largest absolute Gasteiger partial charge is 0.481 e. The summed E-state index contributed by atoms with van der Waals surface area (Å²) in [6.45, 7) is 10.2. The van der Waals surface area contributed by atoms with Crippen LogP contribution in [0.5, 0.6) is 0 Å². The van der Waals surface area contributed by atoms with Crippen LogP contribution in [0.2, 0.25) is 0 Å². The number of carbonyl (C=O) groups is 3. The number of hydrogen-bond acceptors (Lipinski definition) is 5. The van der Waals surface area contributed by atoms with Gasteiger partial charge in [0.1, 0.15) is 11.6 Å². The van der Waals surface area contributed by atoms with Gasteiger partial charge in [-0.1, -0.05) is 55.6 Å². The molecule has 3 rings (SSSR count). The van der Waals surface area contributed by atoms with Gasteiger partial charge in [0.2, 0.25) is 11.8 Å². The highest BCUT2D eigenvalue weighted by atomic mass is 79.9. The second-order valence-electron chi connectivity index (χ2n) is 9.52. The molecule has 0 aromatic rings. The first-order valence-corrected chi connectivity index (χ1v) is 12.4. The molecule has 7 atom stereocenters. The number of hydrogen-bond donors (Lipinski definition) is 2. The van der Waals surface area contributed by atoms with Crippen molar-refractivity contribution in [1.82, 2.24) is 9.80 Å². The Morgan fingerprint density at radius 2 is 2.09 bits per heavy atom. The number of fused-ring (bicyclic) bond motifs is 1. The minimum absolute atomic E-state index is 0.123. The Hall–Kier alpha value is -1.45. The third-order valence-corrected chi connectivity index (χ3v) is 8.10. The number of ether oxygens (including phenoxy) is 1. The fraction of sp³-hybridized carbons (Fsp3) is 0.783. The molecule has 2 bridgehead atoms. The van der Waals surface area contributed by atoms with Crippen LogP contribution in [0.1, 0.15) is 46.5 Å². The minimum Gasteiger partial charge on any atom is -0.481 e. The molecule has 0 saturated carbocycles. The summed E-state index contributed by atoms with van der Waals surface area (Å²) in [5.41, 5.74) is -1.22. The molecule has 1 spiro atoms. The maximum absolute atomic E-state index is 14.0. The number of nitrogens with zero attached hydrogens (tertiary/aromatic N) is 2. The van der Waals surface area contributed by atoms with Crippen LogP contribution in [0, 0.1) is 17.8 Å². The average Bonchev–Trinajstić information content (AvgIpc) is 3.31. The van der Waals surface area contributed by atoms with E-state index in [1.54, 1.807) is 11.0 Å². The number of alkyl halides is 1. The Kier molecular flexibility index (Phi) is 7.72. The van der Waals surface area contributed by atoms with E-state index in [1.165, 1.54) is 4.90 Å². The first-order valence-electron chi connectivity index (χ1n) is 11.5. The summed E-state index contributed by atoms with van der Waals surface area (Å²) in [6.07, 6.45) is 4.16. The van der Waals surface area contributed by atoms with Gasteiger partial charge in [-0.2, -0.15) is 0 Å². The lowest BCUT2D eigenvalue weighted by Gasteiger charge is -2.40. The van der Waals surface area contributed by atoms with Crippen LogP contribution in [0.15, 0.2) is 12.7 Å². The van der Waals surface area contributed by atoms with Crippen molar-refractivity contribution in [3.05, 3.63) is 12.7 Å². The molecule has 0 aromatic carbocycles. The first-order chi connectivity index (χ1) is 15.2. The van der Waals surface area contributed by atoms with E-state index in [4.69, 9.17) is 4.74 Å². The Balaban J connectivity index is 2.08. The summed E-state index contributed by atoms with van der Waals surface area (Å²) >= 11 is 3.55. The highest BCUT2D eigenvalue weighted by molar-refractivity contribution is 9.09. The summed E-state index contributed by atoms with van der Waals surface area (Å²) in [5, 5.41) is 20.1. The van der Waals surface area contributed by atoms with Crippen molar-refractivity contribution in [1.29, 1.82) is 0 Å². The number of amides is 2. The molecule has 8 nitrogen and oxygen atoms in total. The highest BCUT2D eigenvalue weighted by Crippen LogP contribution is 2.60. The van der Waals surface area contributed by atoms with Crippen molar-refractivity contribution in [2.45, 2.75) is 75.1 Å². The van der Waals surface area contributed by atoms with Crippen molar-refractivity contribution in [2.24, 2.45) is 17.8 Å². The lowest BCUT2D eigenvalue weighted by molar-refractivity contribution is -0.154. The van der Waals surface area contributed by atoms with E-state index >= 15 is 0 Å². The van der Waals surface area contributed by atoms with Crippen molar-refractivity contribution in [2.75, 3.05) is 19.7 Å². The molecule has 9 heteroatoms. The number of halogens is 1. The summed E-state index contributed by atoms with van der Waals surface area (Å²) < 4.78 is 6.29. The summed E-state index contributed by atoms with van der Waals surface area (Å²) in [6, 6.07) is -1.58. The van der Waals surface area contributed by atoms with Crippen molar-refractivity contribution < 1.29 is 29.3 Å². The Morgan fingerprint density at radius 1 is 1.41 bits per heavy atom. The Morgan fingerprint density at radius 3 is 2.62 bits per heavy atom. The summed E-state index contributed by atoms with van der Waals surface area (Å²) in [4.78, 5) is 42.8. The zero-order chi connectivity index (χ0) is 23.8. The van der Waals surface area contributed by atoms with E-state index in [1.807, 2.05) is 13.8 Å². The molecular formula is C23H35BrN2O6. The second-order valence-corrected chi connectivity index (χ2v) is 10.7. The molecule has 3 fully saturated rings. The molecule has 180 valence electrons. The van der Waals surface area contributed by atoms with Gasteiger partial charge in [-0.15, -0.1) is 6.58 Å². The summed E-state index contributed by atoms with van der Waals surface area (Å²) in [5.74, 6) is -3.85. The predicted octanol–water partition coefficient (Wildman–Crippen LogP) is 2.04. The highest BCUT2D eigenvalue weighted by Gasteiger charge is 2.77. The zero-order valence-corrected chi connectivity index (χ0v) is 20.7. The second kappa shape index (κ2) is 9.81. The lowest BCUT2D eigenvalue weighted by Crippen LogP contribution is -2.60. The number of aliphatic hydroxyl groups is 1. The molecule has 0 aliphatic carbocycles. The van der Waals surface area contributed by atoms with Crippen LogP contribution < -0.4 is 0 Å². The lowest BCUT2D eigenvalue weighted by atomic mass is 9.70. The van der Waals surface area contributed by atoms with E-state index in [9.17, 15) is 24.6 Å². The molecule has 3 saturated heterocycles. The SMILES string of the molecule is C=CCN(CCCCC)C(=O)[C@H]1N([C@@H](CO)C(C)C)C(=O)[C@@H]2[C@@H](C(=O)O)[C@@H]3O[C@@]21CC3Br. The molecule has 3 aliphatic heterocycles. The zero-order valence-electron chi connectivity index (χ0n) is 19.1. The molecule has 32 heavy (non-hydrogen) atoms. The standard InChI is InChI=1S/C23H35BrN2O6/c1-5-7-8-10-25(9-6-2)21(29)19-23-11-14(24)18(32-23)16(22(30)31)17(23)20(28)26(19)15(12-27)13(3)4/h6,13-19,27H,2,5,7-12H2,1,3-4H3,(H,30,31)/t14?,15-,16+,17-,18+,19+,23-/m0/s1. The van der Waals surface area contributed by atoms with E-state index in [0.717, 1.165) is 19.3 Å². The fourth-order valence-corrected chi connectivity index (χ4v) is 6.72. The normalized spacial score (nSPS) is 34.1. The van der Waals surface area contributed by atoms with Gasteiger partial charge in [-0.05, 0) is 18.8 Å². The van der Waals surface area contributed by atoms with Crippen LogP contribution in [-0.2, 0) is 19.1 Å². The summed E-state index contributed by atoms with van der Waals surface area (Å²) in [7, 11) is 0. The van der Waals surface area contributed by atoms with E-state index in [2.05, 4.69) is 29.4 Å². The Labute approximate surface area is 198 Å². The topological polar surface area (TPSA) is 107 Å². The van der Waals surface area contributed by atoms with Gasteiger partial charge in [0.05, 0.1) is 30.6 Å². The third-order valence-electron chi connectivity index (χ3n) is 7.25. The molecule has 3 heterocycles. The van der Waals surface area contributed by atoms with E-state index in [0.29, 0.717) is 19.5 Å². The van der Waals surface area contributed by atoms with Crippen LogP contribution >= 0.6 is 15.9 Å². The Bertz CT molecular complexity index is 761. The number of carbonyl (C=O) groups excluding carboxylic acids is 2. The third kappa shape index (κ3) is 3.90. The molecular weight excluding hydrogens is 480 g/mol. The molecule has 3 aliphatic rings. The van der Waals surface area contributed by atoms with Gasteiger partial charge < -0.3 is 24.7 Å². The molecule has 0 aromatic heterocycles. The number of aliphatic carboxylic acids is 1. The van der Waals surface area contributed by atoms with Gasteiger partial charge in [-0.3, -0.25) is 14.4 Å². The van der Waals surface area contributed by atoms with Gasteiger partial charge in [0.25, 0.3) is 0 Å². The molecule has 2 N–H and O–H groups in total. The van der Waals surface area contributed by atoms with Gasteiger partial charge >= 0.3 is 5.97 Å². The van der Waals surface area contributed by atoms with Crippen LogP contribution in [0.4, 0.5) is 0 Å². The first kappa shape index (κ1) is 25.2. The van der Waals surface area contributed by atoms with E-state index in [-0.39, 0.29) is 23.3 Å². The number of carboxylic acids is 1. The van der Waals surface area contributed by atoms with Gasteiger partial charge in [0, 0.05) is 17.9 Å². The molecule has 0 radical (unpaired) electrons. The average molecular weight is 515 g/mol. The number of aliphatic hydroxyl groups excluding tert-OH is 1. The van der Waals surface area contributed by atoms with Gasteiger partial charge in [0.15, 0.2) is 0 Å². The van der Waals surface area contributed by atoms with Crippen LogP contribution in [0.25, 0.3) is 0 Å². The fourth-order valence-electron chi connectivity index (χ4n) is 5.78. The number of carboxylic acid groups (broad SMARTS) is 1. The van der Waals surface area contributed by atoms with E-state index < -0.39 is 47.5 Å². The van der Waals surface area contributed by atoms with Crippen molar-refractivity contribution in [3.63, 3.8) is 0 Å². The monoisotopic (exact) mass is 514 g/mol. The number of likely N-dealkylation sites (tertiary alicyclic amines) is 1.